The van der Waals surface area contributed by atoms with E-state index in [0.717, 1.165) is 19.4 Å². The average Bonchev–Trinajstić information content (AvgIpc) is 2.30. The molecule has 1 atom stereocenters. The van der Waals surface area contributed by atoms with E-state index < -0.39 is 5.66 Å². The zero-order valence-corrected chi connectivity index (χ0v) is 10.5. The molecule has 0 saturated carbocycles. The van der Waals surface area contributed by atoms with Gasteiger partial charge in [0.25, 0.3) is 0 Å². The summed E-state index contributed by atoms with van der Waals surface area (Å²) in [5.41, 5.74) is 11.5. The first-order valence-corrected chi connectivity index (χ1v) is 6.62. The first-order valence-electron chi connectivity index (χ1n) is 6.62. The van der Waals surface area contributed by atoms with Gasteiger partial charge < -0.3 is 21.7 Å². The Morgan fingerprint density at radius 2 is 2.06 bits per heavy atom. The molecule has 2 aliphatic heterocycles. The van der Waals surface area contributed by atoms with Gasteiger partial charge in [-0.15, -0.1) is 0 Å². The molecule has 0 spiro atoms. The Kier molecular flexibility index (Phi) is 4.07. The Bertz CT molecular complexity index is 305. The Morgan fingerprint density at radius 1 is 1.29 bits per heavy atom. The molecule has 5 N–H and O–H groups in total. The van der Waals surface area contributed by atoms with Crippen molar-refractivity contribution >= 4 is 0 Å². The first kappa shape index (κ1) is 12.5. The van der Waals surface area contributed by atoms with Crippen molar-refractivity contribution < 1.29 is 0 Å². The molecule has 2 heterocycles. The van der Waals surface area contributed by atoms with Crippen LogP contribution in [0.15, 0.2) is 24.0 Å². The standard InChI is InChI=1S/C13H24N4/c14-12-6-4-7-13(15,16-12)8-5-11-17-9-2-1-3-10-17/h4,6-7,16H,1-3,5,8-11,14-15H2. The van der Waals surface area contributed by atoms with Crippen molar-refractivity contribution in [2.45, 2.75) is 37.8 Å². The molecule has 1 saturated heterocycles. The summed E-state index contributed by atoms with van der Waals surface area (Å²) < 4.78 is 0. The van der Waals surface area contributed by atoms with E-state index >= 15 is 0 Å². The monoisotopic (exact) mass is 236 g/mol. The van der Waals surface area contributed by atoms with Crippen molar-refractivity contribution in [3.8, 4) is 0 Å². The Morgan fingerprint density at radius 3 is 2.76 bits per heavy atom. The molecule has 0 amide bonds. The van der Waals surface area contributed by atoms with E-state index in [4.69, 9.17) is 11.5 Å². The lowest BCUT2D eigenvalue weighted by atomic mass is 10.0. The van der Waals surface area contributed by atoms with Gasteiger partial charge in [0.2, 0.25) is 0 Å². The number of rotatable bonds is 4. The minimum absolute atomic E-state index is 0.450. The number of nitrogens with one attached hydrogen (secondary N) is 1. The van der Waals surface area contributed by atoms with Gasteiger partial charge in [-0.1, -0.05) is 12.5 Å². The SMILES string of the molecule is NC1=CC=CC(N)(CCCN2CCCCC2)N1. The van der Waals surface area contributed by atoms with Crippen LogP contribution in [0.1, 0.15) is 32.1 Å². The molecule has 0 aromatic heterocycles. The van der Waals surface area contributed by atoms with E-state index in [9.17, 15) is 0 Å². The van der Waals surface area contributed by atoms with Crippen LogP contribution in [0.3, 0.4) is 0 Å². The van der Waals surface area contributed by atoms with Crippen molar-refractivity contribution in [2.75, 3.05) is 19.6 Å². The highest BCUT2D eigenvalue weighted by molar-refractivity contribution is 5.22. The first-order chi connectivity index (χ1) is 8.18. The number of piperidine rings is 1. The second-order valence-electron chi connectivity index (χ2n) is 5.15. The number of allylic oxidation sites excluding steroid dienone is 2. The number of dihydropyridines is 1. The molecular formula is C13H24N4. The maximum atomic E-state index is 6.23. The molecule has 96 valence electrons. The quantitative estimate of drug-likeness (QED) is 0.677. The third-order valence-electron chi connectivity index (χ3n) is 3.56. The minimum Gasteiger partial charge on any atom is -0.385 e. The fourth-order valence-corrected chi connectivity index (χ4v) is 2.60. The van der Waals surface area contributed by atoms with Gasteiger partial charge in [0.05, 0.1) is 5.82 Å². The van der Waals surface area contributed by atoms with E-state index in [1.165, 1.54) is 32.4 Å². The maximum Gasteiger partial charge on any atom is 0.106 e. The van der Waals surface area contributed by atoms with Gasteiger partial charge >= 0.3 is 0 Å². The summed E-state index contributed by atoms with van der Waals surface area (Å²) in [6.45, 7) is 3.66. The highest BCUT2D eigenvalue weighted by Crippen LogP contribution is 2.15. The lowest BCUT2D eigenvalue weighted by Gasteiger charge is -2.32. The summed E-state index contributed by atoms with van der Waals surface area (Å²) in [5, 5.41) is 3.14. The second kappa shape index (κ2) is 5.56. The Hall–Kier alpha value is -1.00. The van der Waals surface area contributed by atoms with Crippen LogP contribution in [-0.2, 0) is 0 Å². The predicted molar refractivity (Wildman–Crippen MR) is 71.0 cm³/mol. The molecule has 17 heavy (non-hydrogen) atoms. The molecule has 0 aromatic rings. The van der Waals surface area contributed by atoms with E-state index in [1.54, 1.807) is 0 Å². The Labute approximate surface area is 104 Å². The van der Waals surface area contributed by atoms with E-state index in [-0.39, 0.29) is 0 Å². The van der Waals surface area contributed by atoms with Gasteiger partial charge in [0.15, 0.2) is 0 Å². The second-order valence-corrected chi connectivity index (χ2v) is 5.15. The van der Waals surface area contributed by atoms with Gasteiger partial charge in [-0.2, -0.15) is 0 Å². The van der Waals surface area contributed by atoms with Crippen LogP contribution >= 0.6 is 0 Å². The molecule has 4 heteroatoms. The third-order valence-corrected chi connectivity index (χ3v) is 3.56. The van der Waals surface area contributed by atoms with Crippen LogP contribution in [0, 0.1) is 0 Å². The molecule has 0 radical (unpaired) electrons. The molecule has 0 bridgehead atoms. The number of nitrogens with zero attached hydrogens (tertiary/aromatic N) is 1. The maximum absolute atomic E-state index is 6.23. The van der Waals surface area contributed by atoms with Gasteiger partial charge in [-0.3, -0.25) is 0 Å². The van der Waals surface area contributed by atoms with Gasteiger partial charge in [0, 0.05) is 0 Å². The zero-order chi connectivity index (χ0) is 12.1. The molecule has 0 aromatic carbocycles. The van der Waals surface area contributed by atoms with Gasteiger partial charge in [-0.05, 0) is 57.5 Å². The van der Waals surface area contributed by atoms with Crippen molar-refractivity contribution in [3.05, 3.63) is 24.0 Å². The number of likely N-dealkylation sites (tertiary alicyclic amines) is 1. The van der Waals surface area contributed by atoms with Crippen LogP contribution in [0.2, 0.25) is 0 Å². The van der Waals surface area contributed by atoms with Gasteiger partial charge in [-0.25, -0.2) is 0 Å². The molecule has 1 fully saturated rings. The summed E-state index contributed by atoms with van der Waals surface area (Å²) in [6, 6.07) is 0. The molecule has 2 aliphatic rings. The summed E-state index contributed by atoms with van der Waals surface area (Å²) in [7, 11) is 0. The molecule has 2 rings (SSSR count). The normalized spacial score (nSPS) is 29.8. The van der Waals surface area contributed by atoms with Crippen molar-refractivity contribution in [1.82, 2.24) is 10.2 Å². The van der Waals surface area contributed by atoms with Crippen molar-refractivity contribution in [1.29, 1.82) is 0 Å². The van der Waals surface area contributed by atoms with Crippen LogP contribution in [0.25, 0.3) is 0 Å². The summed E-state index contributed by atoms with van der Waals surface area (Å²) in [6.07, 6.45) is 11.9. The number of hydrogen-bond donors (Lipinski definition) is 3. The zero-order valence-electron chi connectivity index (χ0n) is 10.5. The van der Waals surface area contributed by atoms with Crippen LogP contribution < -0.4 is 16.8 Å². The molecule has 0 aliphatic carbocycles. The van der Waals surface area contributed by atoms with Gasteiger partial charge in [0.1, 0.15) is 5.66 Å². The predicted octanol–water partition coefficient (Wildman–Crippen LogP) is 0.867. The van der Waals surface area contributed by atoms with Crippen LogP contribution in [-0.4, -0.2) is 30.2 Å². The summed E-state index contributed by atoms with van der Waals surface area (Å²) in [5.74, 6) is 0.660. The third kappa shape index (κ3) is 3.75. The molecule has 1 unspecified atom stereocenters. The number of nitrogens with two attached hydrogens (primary N) is 2. The Balaban J connectivity index is 1.71. The molecular weight excluding hydrogens is 212 g/mol. The highest BCUT2D eigenvalue weighted by Gasteiger charge is 2.23. The van der Waals surface area contributed by atoms with E-state index in [2.05, 4.69) is 10.2 Å². The van der Waals surface area contributed by atoms with Crippen LogP contribution in [0.5, 0.6) is 0 Å². The number of hydrogen-bond acceptors (Lipinski definition) is 4. The summed E-state index contributed by atoms with van der Waals surface area (Å²) >= 11 is 0. The topological polar surface area (TPSA) is 67.3 Å². The van der Waals surface area contributed by atoms with E-state index in [0.29, 0.717) is 5.82 Å². The van der Waals surface area contributed by atoms with Crippen LogP contribution in [0.4, 0.5) is 0 Å². The van der Waals surface area contributed by atoms with Crippen molar-refractivity contribution in [2.24, 2.45) is 11.5 Å². The minimum atomic E-state index is -0.450. The summed E-state index contributed by atoms with van der Waals surface area (Å²) in [4.78, 5) is 2.54. The lowest BCUT2D eigenvalue weighted by Crippen LogP contribution is -2.54. The van der Waals surface area contributed by atoms with E-state index in [1.807, 2.05) is 18.2 Å². The fourth-order valence-electron chi connectivity index (χ4n) is 2.60. The highest BCUT2D eigenvalue weighted by atomic mass is 15.2. The molecule has 4 nitrogen and oxygen atoms in total. The smallest absolute Gasteiger partial charge is 0.106 e. The average molecular weight is 236 g/mol. The largest absolute Gasteiger partial charge is 0.385 e. The fraction of sp³-hybridized carbons (Fsp3) is 0.692. The van der Waals surface area contributed by atoms with Crippen molar-refractivity contribution in [3.63, 3.8) is 0 Å². The lowest BCUT2D eigenvalue weighted by molar-refractivity contribution is 0.217.